The van der Waals surface area contributed by atoms with Crippen molar-refractivity contribution in [1.29, 1.82) is 0 Å². The zero-order valence-corrected chi connectivity index (χ0v) is 30.0. The van der Waals surface area contributed by atoms with Gasteiger partial charge in [-0.05, 0) is 93.1 Å². The normalized spacial score (nSPS) is 11.5. The summed E-state index contributed by atoms with van der Waals surface area (Å²) in [4.78, 5) is 20.2. The van der Waals surface area contributed by atoms with Crippen molar-refractivity contribution in [3.63, 3.8) is 0 Å². The molecule has 2 heterocycles. The van der Waals surface area contributed by atoms with Crippen molar-refractivity contribution in [3.05, 3.63) is 125 Å². The van der Waals surface area contributed by atoms with Gasteiger partial charge in [-0.25, -0.2) is 14.1 Å². The maximum absolute atomic E-state index is 11.4. The van der Waals surface area contributed by atoms with Crippen LogP contribution in [0.3, 0.4) is 0 Å². The van der Waals surface area contributed by atoms with Crippen molar-refractivity contribution >= 4 is 82.8 Å². The van der Waals surface area contributed by atoms with Crippen molar-refractivity contribution in [1.82, 2.24) is 19.1 Å². The van der Waals surface area contributed by atoms with E-state index in [2.05, 4.69) is 41.8 Å². The molecule has 42 heavy (non-hydrogen) atoms. The quantitative estimate of drug-likeness (QED) is 0.117. The molecule has 2 aromatic heterocycles. The van der Waals surface area contributed by atoms with E-state index < -0.39 is 13.0 Å². The van der Waals surface area contributed by atoms with Gasteiger partial charge in [0.25, 0.3) is 0 Å². The van der Waals surface area contributed by atoms with E-state index in [4.69, 9.17) is 4.11 Å². The number of hydrogen-bond donors (Lipinski definition) is 1. The van der Waals surface area contributed by atoms with E-state index in [-0.39, 0.29) is 52.8 Å². The van der Waals surface area contributed by atoms with Gasteiger partial charge in [0, 0.05) is 25.9 Å². The first-order chi connectivity index (χ1) is 20.3. The van der Waals surface area contributed by atoms with E-state index in [0.717, 1.165) is 48.0 Å². The molecule has 0 saturated carbocycles. The average molecular weight is 816 g/mol. The number of benzene rings is 4. The summed E-state index contributed by atoms with van der Waals surface area (Å²) in [7, 11) is -0.833. The molecule has 0 bridgehead atoms. The average Bonchev–Trinajstić information content (AvgIpc) is 3.56. The van der Waals surface area contributed by atoms with Gasteiger partial charge in [0.05, 0.1) is 27.7 Å². The van der Waals surface area contributed by atoms with Crippen LogP contribution < -0.4 is 24.0 Å². The monoisotopic (exact) mass is 813 g/mol. The van der Waals surface area contributed by atoms with Crippen LogP contribution in [0.5, 0.6) is 0 Å². The number of hydrogen-bond acceptors (Lipinski definition) is 4. The fourth-order valence-corrected chi connectivity index (χ4v) is 5.06. The zero-order chi connectivity index (χ0) is 31.3. The van der Waals surface area contributed by atoms with E-state index in [0.29, 0.717) is 5.56 Å². The first kappa shape index (κ1) is 31.3. The standard InChI is InChI=1S/C16H15BrN2O.C15H11BrN2O.CH3.HI.Mg/c1-16(2,20)11-6-7-15-14(8-11)18-10-19(15)13-5-3-4-12(17)9-13;1-10(19)11-5-6-15-14(7-11)17-9-18(15)13-4-2-3-12(16)8-13;;;/h3-10,20H,1-2H3;2-9H,1H3;1H3;1H;/q;;-1;;+2/p-1/i;;1D3;;. The molecule has 0 aliphatic rings. The second-order valence-electron chi connectivity index (χ2n) is 9.71. The van der Waals surface area contributed by atoms with Crippen molar-refractivity contribution in [2.45, 2.75) is 26.4 Å². The number of nitrogens with zero attached hydrogens (tertiary/aromatic N) is 4. The Bertz CT molecular complexity index is 1890. The molecule has 212 valence electrons. The Morgan fingerprint density at radius 1 is 0.833 bits per heavy atom. The minimum atomic E-state index is -0.853. The number of carbonyl (C=O) groups is 1. The second kappa shape index (κ2) is 15.1. The predicted molar refractivity (Wildman–Crippen MR) is 175 cm³/mol. The Hall–Kier alpha value is -2.09. The zero-order valence-electron chi connectivity index (χ0n) is 26.2. The molecule has 0 aliphatic heterocycles. The molecule has 0 fully saturated rings. The molecule has 0 atom stereocenters. The number of fused-ring (bicyclic) bond motifs is 2. The minimum absolute atomic E-state index is 0. The molecule has 0 radical (unpaired) electrons. The van der Waals surface area contributed by atoms with Crippen LogP contribution in [0, 0.1) is 7.35 Å². The number of ketones is 1. The molecule has 6 rings (SSSR count). The van der Waals surface area contributed by atoms with Crippen LogP contribution in [-0.2, 0) is 5.60 Å². The summed E-state index contributed by atoms with van der Waals surface area (Å²) in [5.41, 5.74) is 6.51. The summed E-state index contributed by atoms with van der Waals surface area (Å²) in [5.74, 6) is 0.0545. The molecule has 6 aromatic rings. The van der Waals surface area contributed by atoms with E-state index in [9.17, 15) is 9.90 Å². The number of imidazole rings is 2. The third kappa shape index (κ3) is 8.09. The smallest absolute Gasteiger partial charge is 1.00 e. The maximum Gasteiger partial charge on any atom is 2.00 e. The number of carbonyl (C=O) groups excluding carboxylic acids is 1. The van der Waals surface area contributed by atoms with Crippen molar-refractivity contribution in [2.75, 3.05) is 0 Å². The van der Waals surface area contributed by atoms with Crippen molar-refractivity contribution in [2.24, 2.45) is 0 Å². The Balaban J connectivity index is 0.000000270. The van der Waals surface area contributed by atoms with Crippen LogP contribution in [-0.4, -0.2) is 53.0 Å². The summed E-state index contributed by atoms with van der Waals surface area (Å²) in [5, 5.41) is 10.1. The third-order valence-electron chi connectivity index (χ3n) is 6.38. The molecule has 4 aromatic carbocycles. The van der Waals surface area contributed by atoms with Crippen LogP contribution in [0.1, 0.15) is 40.8 Å². The van der Waals surface area contributed by atoms with Gasteiger partial charge in [0.1, 0.15) is 12.7 Å². The molecule has 1 N–H and O–H groups in total. The third-order valence-corrected chi connectivity index (χ3v) is 7.37. The van der Waals surface area contributed by atoms with Gasteiger partial charge in [0.15, 0.2) is 5.78 Å². The summed E-state index contributed by atoms with van der Waals surface area (Å²) < 4.78 is 23.6. The molecule has 0 unspecified atom stereocenters. The van der Waals surface area contributed by atoms with E-state index >= 15 is 0 Å². The molecular formula is C32H29Br2IMgN4O2. The summed E-state index contributed by atoms with van der Waals surface area (Å²) in [6, 6.07) is 27.6. The fourth-order valence-electron chi connectivity index (χ4n) is 4.29. The molecule has 0 saturated heterocycles. The molecule has 10 heteroatoms. The SMILES string of the molecule is CC(=O)c1ccc2c(c1)ncn2-c1cccc(Br)c1.CC(C)(O)c1ccc2c(c1)ncn2-c1cccc(Br)c1.[2H][C-]([2H])[2H].[I-].[Mg+2]. The number of aromatic nitrogens is 4. The van der Waals surface area contributed by atoms with Crippen LogP contribution in [0.2, 0.25) is 0 Å². The maximum atomic E-state index is 11.4. The molecule has 0 aliphatic carbocycles. The van der Waals surface area contributed by atoms with Gasteiger partial charge in [-0.15, -0.1) is 0 Å². The summed E-state index contributed by atoms with van der Waals surface area (Å²) in [6.45, 7) is 5.12. The predicted octanol–water partition coefficient (Wildman–Crippen LogP) is 5.08. The van der Waals surface area contributed by atoms with Crippen molar-refractivity contribution < 1.29 is 38.0 Å². The van der Waals surface area contributed by atoms with Gasteiger partial charge in [-0.2, -0.15) is 0 Å². The molecule has 6 nitrogen and oxygen atoms in total. The summed E-state index contributed by atoms with van der Waals surface area (Å²) in [6.07, 6.45) is 3.58. The molecular weight excluding hydrogens is 783 g/mol. The Labute approximate surface area is 300 Å². The van der Waals surface area contributed by atoms with Gasteiger partial charge in [-0.3, -0.25) is 13.9 Å². The van der Waals surface area contributed by atoms with Crippen LogP contribution >= 0.6 is 31.9 Å². The number of halogens is 3. The van der Waals surface area contributed by atoms with E-state index in [1.54, 1.807) is 33.4 Å². The molecule has 0 amide bonds. The topological polar surface area (TPSA) is 72.9 Å². The fraction of sp³-hybridized carbons (Fsp3) is 0.125. The van der Waals surface area contributed by atoms with Gasteiger partial charge >= 0.3 is 23.1 Å². The number of aliphatic hydroxyl groups is 1. The Kier molecular flexibility index (Phi) is 11.2. The largest absolute Gasteiger partial charge is 2.00 e. The van der Waals surface area contributed by atoms with Gasteiger partial charge in [0.2, 0.25) is 0 Å². The summed E-state index contributed by atoms with van der Waals surface area (Å²) >= 11 is 6.95. The second-order valence-corrected chi connectivity index (χ2v) is 11.5. The van der Waals surface area contributed by atoms with Crippen LogP contribution in [0.4, 0.5) is 0 Å². The van der Waals surface area contributed by atoms with E-state index in [1.807, 2.05) is 94.1 Å². The van der Waals surface area contributed by atoms with Gasteiger partial charge in [-0.1, -0.05) is 50.1 Å². The first-order valence-electron chi connectivity index (χ1n) is 13.8. The van der Waals surface area contributed by atoms with Crippen molar-refractivity contribution in [3.8, 4) is 11.4 Å². The Morgan fingerprint density at radius 2 is 1.31 bits per heavy atom. The van der Waals surface area contributed by atoms with E-state index in [1.165, 1.54) is 0 Å². The van der Waals surface area contributed by atoms with Crippen LogP contribution in [0.25, 0.3) is 33.4 Å². The Morgan fingerprint density at radius 3 is 1.76 bits per heavy atom. The molecule has 0 spiro atoms. The van der Waals surface area contributed by atoms with Crippen LogP contribution in [0.15, 0.2) is 107 Å². The number of rotatable bonds is 4. The number of Topliss-reactive ketones (excluding diaryl/α,β-unsaturated/α-hetero) is 1. The first-order valence-corrected chi connectivity index (χ1v) is 13.9. The van der Waals surface area contributed by atoms with Gasteiger partial charge < -0.3 is 36.4 Å². The minimum Gasteiger partial charge on any atom is -1.00 e.